The van der Waals surface area contributed by atoms with Crippen LogP contribution in [0.3, 0.4) is 0 Å². The van der Waals surface area contributed by atoms with Gasteiger partial charge in [-0.3, -0.25) is 28.8 Å². The molecule has 2 saturated heterocycles. The number of carbonyl (C=O) groups is 6. The number of thiol groups is 1. The molecule has 48 heavy (non-hydrogen) atoms. The van der Waals surface area contributed by atoms with Crippen molar-refractivity contribution in [1.82, 2.24) is 5.32 Å². The third kappa shape index (κ3) is 13.3. The van der Waals surface area contributed by atoms with Crippen molar-refractivity contribution in [2.45, 2.75) is 122 Å². The minimum atomic E-state index is -1.55. The Morgan fingerprint density at radius 3 is 1.77 bits per heavy atom. The zero-order valence-electron chi connectivity index (χ0n) is 28.2. The normalized spacial score (nSPS) is 30.0. The minimum absolute atomic E-state index is 0.245. The predicted octanol–water partition coefficient (Wildman–Crippen LogP) is 1.10. The molecule has 2 aliphatic rings. The van der Waals surface area contributed by atoms with Crippen LogP contribution < -0.4 is 5.32 Å². The lowest BCUT2D eigenvalue weighted by Crippen LogP contribution is -2.69. The van der Waals surface area contributed by atoms with Crippen LogP contribution in [0.25, 0.3) is 0 Å². The van der Waals surface area contributed by atoms with Gasteiger partial charge in [-0.05, 0) is 24.3 Å². The summed E-state index contributed by atoms with van der Waals surface area (Å²) in [5, 5.41) is 2.64. The van der Waals surface area contributed by atoms with Gasteiger partial charge in [0.15, 0.2) is 37.0 Å². The number of ether oxygens (including phenoxy) is 9. The number of methoxy groups -OCH3 is 1. The van der Waals surface area contributed by atoms with Gasteiger partial charge in [0.05, 0.1) is 0 Å². The van der Waals surface area contributed by atoms with Crippen LogP contribution in [0, 0.1) is 0 Å². The highest BCUT2D eigenvalue weighted by molar-refractivity contribution is 7.99. The summed E-state index contributed by atoms with van der Waals surface area (Å²) in [6.07, 6.45) is -8.93. The summed E-state index contributed by atoms with van der Waals surface area (Å²) in [5.41, 5.74) is 0. The van der Waals surface area contributed by atoms with Crippen molar-refractivity contribution in [1.29, 1.82) is 0 Å². The molecule has 0 aromatic carbocycles. The molecule has 2 rings (SSSR count). The Morgan fingerprint density at radius 1 is 0.667 bits per heavy atom. The van der Waals surface area contributed by atoms with E-state index in [0.29, 0.717) is 0 Å². The molecule has 16 nitrogen and oxygen atoms in total. The standard InChI is InChI=1S/C30H47NO15S2/c1-15(32)31-23-26(41-18(4)35)24(21(13-39-16(2)33)44-29(23)38-7)46-30-28(43-20(6)37)27(42-19(5)36)25(40-17(3)34)22(45-30)14-48-12-10-8-9-11-47/h21-30,47H,8-14H2,1-7H3,(H,31,32)/t21-,22-,23-,24+,25+,26-,27+,28-,29-,30+/m1/s1. The van der Waals surface area contributed by atoms with Crippen LogP contribution in [0.5, 0.6) is 0 Å². The van der Waals surface area contributed by atoms with Crippen LogP contribution in [-0.4, -0.2) is 128 Å². The lowest BCUT2D eigenvalue weighted by atomic mass is 9.95. The number of unbranched alkanes of at least 4 members (excludes halogenated alkanes) is 2. The summed E-state index contributed by atoms with van der Waals surface area (Å²) in [7, 11) is 1.30. The van der Waals surface area contributed by atoms with Gasteiger partial charge in [0.2, 0.25) is 5.91 Å². The van der Waals surface area contributed by atoms with E-state index in [4.69, 9.17) is 42.6 Å². The first-order chi connectivity index (χ1) is 22.7. The van der Waals surface area contributed by atoms with E-state index >= 15 is 0 Å². The Kier molecular flexibility index (Phi) is 18.0. The fraction of sp³-hybridized carbons (Fsp3) is 0.800. The third-order valence-electron chi connectivity index (χ3n) is 7.02. The summed E-state index contributed by atoms with van der Waals surface area (Å²) in [5.74, 6) is -2.48. The first-order valence-electron chi connectivity index (χ1n) is 15.5. The first-order valence-corrected chi connectivity index (χ1v) is 17.2. The maximum atomic E-state index is 12.4. The highest BCUT2D eigenvalue weighted by atomic mass is 32.2. The van der Waals surface area contributed by atoms with E-state index in [9.17, 15) is 28.8 Å². The van der Waals surface area contributed by atoms with Crippen molar-refractivity contribution < 1.29 is 71.4 Å². The average Bonchev–Trinajstić information content (AvgIpc) is 2.97. The molecule has 0 bridgehead atoms. The Balaban J connectivity index is 2.62. The molecule has 0 aromatic heterocycles. The molecular formula is C30H47NO15S2. The van der Waals surface area contributed by atoms with Gasteiger partial charge in [-0.1, -0.05) is 6.42 Å². The summed E-state index contributed by atoms with van der Waals surface area (Å²) < 4.78 is 51.8. The highest BCUT2D eigenvalue weighted by Crippen LogP contribution is 2.35. The van der Waals surface area contributed by atoms with Gasteiger partial charge in [0, 0.05) is 54.4 Å². The molecule has 0 aliphatic carbocycles. The van der Waals surface area contributed by atoms with Gasteiger partial charge in [-0.2, -0.15) is 24.4 Å². The van der Waals surface area contributed by atoms with Crippen LogP contribution in [0.1, 0.15) is 60.8 Å². The molecule has 0 saturated carbocycles. The predicted molar refractivity (Wildman–Crippen MR) is 171 cm³/mol. The maximum Gasteiger partial charge on any atom is 0.303 e. The lowest BCUT2D eigenvalue weighted by Gasteiger charge is -2.49. The molecule has 0 radical (unpaired) electrons. The van der Waals surface area contributed by atoms with E-state index in [1.165, 1.54) is 39.6 Å². The molecule has 0 spiro atoms. The van der Waals surface area contributed by atoms with E-state index in [-0.39, 0.29) is 5.75 Å². The fourth-order valence-corrected chi connectivity index (χ4v) is 6.57. The van der Waals surface area contributed by atoms with Crippen LogP contribution in [0.4, 0.5) is 0 Å². The largest absolute Gasteiger partial charge is 0.463 e. The molecule has 1 N–H and O–H groups in total. The average molecular weight is 726 g/mol. The number of hydrogen-bond donors (Lipinski definition) is 2. The van der Waals surface area contributed by atoms with Crippen LogP contribution in [0.2, 0.25) is 0 Å². The van der Waals surface area contributed by atoms with Crippen molar-refractivity contribution >= 4 is 60.1 Å². The van der Waals surface area contributed by atoms with Crippen LogP contribution in [-0.2, 0) is 71.4 Å². The van der Waals surface area contributed by atoms with Gasteiger partial charge in [0.1, 0.15) is 31.0 Å². The molecule has 1 amide bonds. The number of thioether (sulfide) groups is 1. The monoisotopic (exact) mass is 725 g/mol. The Bertz CT molecular complexity index is 1110. The number of hydrogen-bond acceptors (Lipinski definition) is 17. The number of esters is 5. The van der Waals surface area contributed by atoms with Gasteiger partial charge in [-0.15, -0.1) is 0 Å². The highest BCUT2D eigenvalue weighted by Gasteiger charge is 2.56. The third-order valence-corrected chi connectivity index (χ3v) is 8.48. The summed E-state index contributed by atoms with van der Waals surface area (Å²) in [6.45, 7) is 6.56. The second-order valence-corrected chi connectivity index (χ2v) is 12.7. The number of carbonyl (C=O) groups excluding carboxylic acids is 6. The summed E-state index contributed by atoms with van der Waals surface area (Å²) in [4.78, 5) is 73.4. The van der Waals surface area contributed by atoms with E-state index in [1.807, 2.05) is 0 Å². The quantitative estimate of drug-likeness (QED) is 0.0935. The number of nitrogens with one attached hydrogen (secondary N) is 1. The van der Waals surface area contributed by atoms with Crippen LogP contribution >= 0.6 is 24.4 Å². The molecule has 274 valence electrons. The second kappa shape index (κ2) is 20.8. The van der Waals surface area contributed by atoms with E-state index < -0.39 is 104 Å². The number of rotatable bonds is 17. The second-order valence-electron chi connectivity index (χ2n) is 11.1. The topological polar surface area (TPSA) is 198 Å². The molecule has 2 fully saturated rings. The first kappa shape index (κ1) is 41.5. The zero-order chi connectivity index (χ0) is 36.0. The van der Waals surface area contributed by atoms with Crippen LogP contribution in [0.15, 0.2) is 0 Å². The zero-order valence-corrected chi connectivity index (χ0v) is 29.9. The number of amides is 1. The van der Waals surface area contributed by atoms with Gasteiger partial charge in [0.25, 0.3) is 0 Å². The molecule has 0 aromatic rings. The Morgan fingerprint density at radius 2 is 1.23 bits per heavy atom. The molecular weight excluding hydrogens is 678 g/mol. The molecule has 0 unspecified atom stereocenters. The Labute approximate surface area is 289 Å². The van der Waals surface area contributed by atoms with E-state index in [0.717, 1.165) is 51.5 Å². The van der Waals surface area contributed by atoms with Crippen molar-refractivity contribution in [2.24, 2.45) is 0 Å². The van der Waals surface area contributed by atoms with Crippen molar-refractivity contribution in [2.75, 3.05) is 31.0 Å². The van der Waals surface area contributed by atoms with Crippen molar-refractivity contribution in [3.8, 4) is 0 Å². The van der Waals surface area contributed by atoms with Crippen molar-refractivity contribution in [3.05, 3.63) is 0 Å². The summed E-state index contributed by atoms with van der Waals surface area (Å²) >= 11 is 5.73. The molecule has 2 aliphatic heterocycles. The van der Waals surface area contributed by atoms with Crippen molar-refractivity contribution in [3.63, 3.8) is 0 Å². The van der Waals surface area contributed by atoms with Gasteiger partial charge in [-0.25, -0.2) is 0 Å². The molecule has 2 heterocycles. The lowest BCUT2D eigenvalue weighted by molar-refractivity contribution is -0.344. The Hall–Kier alpha value is -2.64. The SMILES string of the molecule is CO[C@@H]1O[C@H](COC(C)=O)[C@H](O[C@@H]2O[C@H](CSCCCCCS)[C@H](OC(C)=O)[C@H](OC(C)=O)[C@H]2OC(C)=O)[C@H](OC(C)=O)[C@H]1NC(C)=O. The summed E-state index contributed by atoms with van der Waals surface area (Å²) in [6, 6.07) is -1.13. The smallest absolute Gasteiger partial charge is 0.303 e. The van der Waals surface area contributed by atoms with Gasteiger partial charge < -0.3 is 47.9 Å². The van der Waals surface area contributed by atoms with Gasteiger partial charge >= 0.3 is 29.8 Å². The van der Waals surface area contributed by atoms with E-state index in [2.05, 4.69) is 17.9 Å². The van der Waals surface area contributed by atoms with E-state index in [1.54, 1.807) is 0 Å². The maximum absolute atomic E-state index is 12.4. The minimum Gasteiger partial charge on any atom is -0.463 e. The molecule has 18 heteroatoms. The fourth-order valence-electron chi connectivity index (χ4n) is 5.27. The molecule has 10 atom stereocenters.